The summed E-state index contributed by atoms with van der Waals surface area (Å²) in [4.78, 5) is 15.5. The Morgan fingerprint density at radius 2 is 1.46 bits per heavy atom. The van der Waals surface area contributed by atoms with Crippen LogP contribution in [-0.2, 0) is 6.54 Å². The molecule has 4 aromatic rings. The zero-order valence-corrected chi connectivity index (χ0v) is 15.6. The van der Waals surface area contributed by atoms with Gasteiger partial charge in [-0.05, 0) is 33.5 Å². The summed E-state index contributed by atoms with van der Waals surface area (Å²) < 4.78 is 0. The van der Waals surface area contributed by atoms with E-state index in [1.165, 1.54) is 16.7 Å². The first-order valence-electron chi connectivity index (χ1n) is 9.71. The molecule has 1 aliphatic rings. The topological polar surface area (TPSA) is 20.3 Å². The summed E-state index contributed by atoms with van der Waals surface area (Å²) in [6.45, 7) is 1.35. The maximum atomic E-state index is 13.5. The van der Waals surface area contributed by atoms with Crippen molar-refractivity contribution in [2.75, 3.05) is 6.54 Å². The van der Waals surface area contributed by atoms with Crippen molar-refractivity contribution in [1.82, 2.24) is 4.90 Å². The predicted molar refractivity (Wildman–Crippen MR) is 113 cm³/mol. The molecule has 136 valence electrons. The van der Waals surface area contributed by atoms with E-state index in [-0.39, 0.29) is 11.8 Å². The number of benzene rings is 4. The van der Waals surface area contributed by atoms with Crippen LogP contribution in [0, 0.1) is 0 Å². The monoisotopic (exact) mass is 363 g/mol. The summed E-state index contributed by atoms with van der Waals surface area (Å²) >= 11 is 0. The van der Waals surface area contributed by atoms with Crippen molar-refractivity contribution in [3.63, 3.8) is 0 Å². The molecule has 1 heterocycles. The van der Waals surface area contributed by atoms with Gasteiger partial charge >= 0.3 is 0 Å². The molecular weight excluding hydrogens is 342 g/mol. The Labute approximate surface area is 165 Å². The minimum atomic E-state index is 0.104. The minimum absolute atomic E-state index is 0.104. The molecule has 0 aliphatic carbocycles. The van der Waals surface area contributed by atoms with Gasteiger partial charge in [0.15, 0.2) is 0 Å². The van der Waals surface area contributed by atoms with E-state index in [4.69, 9.17) is 0 Å². The van der Waals surface area contributed by atoms with Gasteiger partial charge in [-0.2, -0.15) is 0 Å². The van der Waals surface area contributed by atoms with Gasteiger partial charge < -0.3 is 4.90 Å². The average molecular weight is 363 g/mol. The molecule has 2 heteroatoms. The van der Waals surface area contributed by atoms with Gasteiger partial charge in [0.2, 0.25) is 0 Å². The number of carbonyl (C=O) groups excluding carboxylic acids is 1. The van der Waals surface area contributed by atoms with Crippen LogP contribution in [0.3, 0.4) is 0 Å². The molecular formula is C26H21NO. The molecule has 1 aliphatic heterocycles. The molecule has 0 spiro atoms. The highest BCUT2D eigenvalue weighted by atomic mass is 16.2. The summed E-state index contributed by atoms with van der Waals surface area (Å²) in [7, 11) is 0. The van der Waals surface area contributed by atoms with Crippen LogP contribution in [0.2, 0.25) is 0 Å². The van der Waals surface area contributed by atoms with Crippen molar-refractivity contribution < 1.29 is 4.79 Å². The van der Waals surface area contributed by atoms with E-state index >= 15 is 0 Å². The lowest BCUT2D eigenvalue weighted by molar-refractivity contribution is 0.0727. The standard InChI is InChI=1S/C26H21NO/c28-26(24-16-8-13-19-11-4-6-14-22(19)24)27-17-21-12-5-7-15-23(21)25(18-27)20-9-2-1-3-10-20/h1-16,25H,17-18H2. The van der Waals surface area contributed by atoms with Crippen molar-refractivity contribution in [2.24, 2.45) is 0 Å². The quantitative estimate of drug-likeness (QED) is 0.452. The highest BCUT2D eigenvalue weighted by molar-refractivity contribution is 6.07. The van der Waals surface area contributed by atoms with E-state index in [0.29, 0.717) is 13.1 Å². The van der Waals surface area contributed by atoms with E-state index in [9.17, 15) is 4.79 Å². The fraction of sp³-hybridized carbons (Fsp3) is 0.115. The van der Waals surface area contributed by atoms with Crippen LogP contribution in [-0.4, -0.2) is 17.4 Å². The summed E-state index contributed by atoms with van der Waals surface area (Å²) in [5.74, 6) is 0.303. The lowest BCUT2D eigenvalue weighted by Gasteiger charge is -2.35. The molecule has 0 saturated carbocycles. The van der Waals surface area contributed by atoms with E-state index in [1.807, 2.05) is 41.3 Å². The molecule has 0 saturated heterocycles. The molecule has 28 heavy (non-hydrogen) atoms. The number of carbonyl (C=O) groups is 1. The smallest absolute Gasteiger partial charge is 0.254 e. The van der Waals surface area contributed by atoms with Crippen molar-refractivity contribution >= 4 is 16.7 Å². The summed E-state index contributed by atoms with van der Waals surface area (Å²) in [6.07, 6.45) is 0. The molecule has 1 atom stereocenters. The van der Waals surface area contributed by atoms with Gasteiger partial charge in [-0.3, -0.25) is 4.79 Å². The van der Waals surface area contributed by atoms with Crippen LogP contribution in [0.4, 0.5) is 0 Å². The van der Waals surface area contributed by atoms with Crippen molar-refractivity contribution in [1.29, 1.82) is 0 Å². The first kappa shape index (κ1) is 16.8. The van der Waals surface area contributed by atoms with Crippen LogP contribution >= 0.6 is 0 Å². The second-order valence-corrected chi connectivity index (χ2v) is 7.37. The third-order valence-electron chi connectivity index (χ3n) is 5.70. The lowest BCUT2D eigenvalue weighted by atomic mass is 9.84. The summed E-state index contributed by atoms with van der Waals surface area (Å²) in [6, 6.07) is 33.1. The molecule has 0 fully saturated rings. The summed E-state index contributed by atoms with van der Waals surface area (Å²) in [5, 5.41) is 2.12. The minimum Gasteiger partial charge on any atom is -0.333 e. The SMILES string of the molecule is O=C(c1cccc2ccccc12)N1Cc2ccccc2C(c2ccccc2)C1. The zero-order valence-electron chi connectivity index (χ0n) is 15.6. The van der Waals surface area contributed by atoms with Gasteiger partial charge in [0.1, 0.15) is 0 Å². The average Bonchev–Trinajstić information content (AvgIpc) is 2.78. The Morgan fingerprint density at radius 3 is 2.36 bits per heavy atom. The van der Waals surface area contributed by atoms with Crippen LogP contribution in [0.5, 0.6) is 0 Å². The fourth-order valence-corrected chi connectivity index (χ4v) is 4.31. The van der Waals surface area contributed by atoms with Crippen molar-refractivity contribution in [3.05, 3.63) is 119 Å². The number of hydrogen-bond acceptors (Lipinski definition) is 1. The van der Waals surface area contributed by atoms with E-state index in [2.05, 4.69) is 60.7 Å². The molecule has 0 bridgehead atoms. The first-order valence-corrected chi connectivity index (χ1v) is 9.71. The molecule has 4 aromatic carbocycles. The lowest BCUT2D eigenvalue weighted by Crippen LogP contribution is -2.38. The van der Waals surface area contributed by atoms with Crippen LogP contribution in [0.25, 0.3) is 10.8 Å². The van der Waals surface area contributed by atoms with Crippen molar-refractivity contribution in [2.45, 2.75) is 12.5 Å². The Balaban J connectivity index is 1.57. The summed E-state index contributed by atoms with van der Waals surface area (Å²) in [5.41, 5.74) is 4.60. The highest BCUT2D eigenvalue weighted by Crippen LogP contribution is 2.34. The van der Waals surface area contributed by atoms with Gasteiger partial charge in [0, 0.05) is 24.6 Å². The molecule has 1 unspecified atom stereocenters. The highest BCUT2D eigenvalue weighted by Gasteiger charge is 2.29. The zero-order chi connectivity index (χ0) is 18.9. The van der Waals surface area contributed by atoms with Crippen LogP contribution in [0.1, 0.15) is 33.0 Å². The Bertz CT molecular complexity index is 1140. The van der Waals surface area contributed by atoms with Crippen LogP contribution in [0.15, 0.2) is 97.1 Å². The largest absolute Gasteiger partial charge is 0.333 e. The Morgan fingerprint density at radius 1 is 0.750 bits per heavy atom. The van der Waals surface area contributed by atoms with E-state index in [1.54, 1.807) is 0 Å². The molecule has 0 aromatic heterocycles. The van der Waals surface area contributed by atoms with Gasteiger partial charge in [0.25, 0.3) is 5.91 Å². The second kappa shape index (κ2) is 6.97. The number of nitrogens with zero attached hydrogens (tertiary/aromatic N) is 1. The van der Waals surface area contributed by atoms with Gasteiger partial charge in [-0.25, -0.2) is 0 Å². The third kappa shape index (κ3) is 2.87. The number of rotatable bonds is 2. The second-order valence-electron chi connectivity index (χ2n) is 7.37. The number of hydrogen-bond donors (Lipinski definition) is 0. The number of fused-ring (bicyclic) bond motifs is 2. The molecule has 0 N–H and O–H groups in total. The molecule has 5 rings (SSSR count). The molecule has 1 amide bonds. The third-order valence-corrected chi connectivity index (χ3v) is 5.70. The Kier molecular flexibility index (Phi) is 4.17. The van der Waals surface area contributed by atoms with Crippen molar-refractivity contribution in [3.8, 4) is 0 Å². The van der Waals surface area contributed by atoms with Gasteiger partial charge in [-0.15, -0.1) is 0 Å². The Hall–Kier alpha value is -3.39. The molecule has 2 nitrogen and oxygen atoms in total. The van der Waals surface area contributed by atoms with Gasteiger partial charge in [0.05, 0.1) is 0 Å². The number of amides is 1. The fourth-order valence-electron chi connectivity index (χ4n) is 4.31. The maximum Gasteiger partial charge on any atom is 0.254 e. The van der Waals surface area contributed by atoms with E-state index in [0.717, 1.165) is 16.3 Å². The van der Waals surface area contributed by atoms with Gasteiger partial charge in [-0.1, -0.05) is 91.0 Å². The maximum absolute atomic E-state index is 13.5. The predicted octanol–water partition coefficient (Wildman–Crippen LogP) is 5.63. The normalized spacial score (nSPS) is 16.0. The molecule has 0 radical (unpaired) electrons. The van der Waals surface area contributed by atoms with E-state index < -0.39 is 0 Å². The van der Waals surface area contributed by atoms with Crippen LogP contribution < -0.4 is 0 Å². The first-order chi connectivity index (χ1) is 13.8.